The summed E-state index contributed by atoms with van der Waals surface area (Å²) in [6.45, 7) is 4.90. The monoisotopic (exact) mass is 318 g/mol. The van der Waals surface area contributed by atoms with Crippen LogP contribution in [0.1, 0.15) is 11.1 Å². The van der Waals surface area contributed by atoms with Crippen LogP contribution in [0.4, 0.5) is 10.5 Å². The van der Waals surface area contributed by atoms with E-state index in [0.29, 0.717) is 23.9 Å². The number of aryl methyl sites for hydroxylation is 2. The van der Waals surface area contributed by atoms with E-state index < -0.39 is 0 Å². The number of para-hydroxylation sites is 1. The van der Waals surface area contributed by atoms with Gasteiger partial charge in [0.15, 0.2) is 0 Å². The number of ether oxygens (including phenoxy) is 1. The summed E-state index contributed by atoms with van der Waals surface area (Å²) in [7, 11) is 0. The van der Waals surface area contributed by atoms with Gasteiger partial charge < -0.3 is 15.4 Å². The summed E-state index contributed by atoms with van der Waals surface area (Å²) in [5.74, 6) is 0.802. The number of benzene rings is 2. The smallest absolute Gasteiger partial charge is 0.319 e. The number of rotatable bonds is 5. The summed E-state index contributed by atoms with van der Waals surface area (Å²) in [5, 5.41) is 5.91. The molecule has 0 aliphatic carbocycles. The second-order valence-corrected chi connectivity index (χ2v) is 5.36. The molecule has 116 valence electrons. The average Bonchev–Trinajstić information content (AvgIpc) is 2.49. The Morgan fingerprint density at radius 1 is 1.14 bits per heavy atom. The van der Waals surface area contributed by atoms with Crippen molar-refractivity contribution in [2.24, 2.45) is 0 Å². The quantitative estimate of drug-likeness (QED) is 0.813. The first-order valence-corrected chi connectivity index (χ1v) is 7.43. The fraction of sp³-hybridized carbons (Fsp3) is 0.235. The summed E-state index contributed by atoms with van der Waals surface area (Å²) in [6, 6.07) is 12.7. The molecule has 0 heterocycles. The Bertz CT molecular complexity index is 659. The first-order chi connectivity index (χ1) is 10.6. The van der Waals surface area contributed by atoms with Crippen molar-refractivity contribution in [1.82, 2.24) is 5.32 Å². The molecule has 0 aliphatic rings. The lowest BCUT2D eigenvalue weighted by Gasteiger charge is -2.10. The van der Waals surface area contributed by atoms with Crippen LogP contribution >= 0.6 is 11.6 Å². The molecule has 0 radical (unpaired) electrons. The van der Waals surface area contributed by atoms with Crippen LogP contribution in [-0.2, 0) is 0 Å². The Morgan fingerprint density at radius 3 is 2.64 bits per heavy atom. The van der Waals surface area contributed by atoms with Gasteiger partial charge in [0.25, 0.3) is 0 Å². The minimum absolute atomic E-state index is 0.309. The van der Waals surface area contributed by atoms with E-state index in [0.717, 1.165) is 5.75 Å². The molecule has 0 saturated carbocycles. The molecule has 5 heteroatoms. The predicted molar refractivity (Wildman–Crippen MR) is 89.9 cm³/mol. The molecule has 4 nitrogen and oxygen atoms in total. The molecule has 0 bridgehead atoms. The first-order valence-electron chi connectivity index (χ1n) is 7.05. The van der Waals surface area contributed by atoms with Gasteiger partial charge in [-0.2, -0.15) is 0 Å². The van der Waals surface area contributed by atoms with Gasteiger partial charge in [0, 0.05) is 0 Å². The van der Waals surface area contributed by atoms with E-state index >= 15 is 0 Å². The predicted octanol–water partition coefficient (Wildman–Crippen LogP) is 4.16. The summed E-state index contributed by atoms with van der Waals surface area (Å²) >= 11 is 5.97. The molecule has 2 N–H and O–H groups in total. The number of amides is 2. The third kappa shape index (κ3) is 4.67. The third-order valence-corrected chi connectivity index (χ3v) is 3.59. The number of carbonyl (C=O) groups excluding carboxylic acids is 1. The highest BCUT2D eigenvalue weighted by Crippen LogP contribution is 2.20. The largest absolute Gasteiger partial charge is 0.492 e. The number of urea groups is 1. The van der Waals surface area contributed by atoms with E-state index in [1.165, 1.54) is 11.1 Å². The van der Waals surface area contributed by atoms with Crippen LogP contribution in [0.15, 0.2) is 42.5 Å². The third-order valence-electron chi connectivity index (χ3n) is 3.26. The Kier molecular flexibility index (Phi) is 5.67. The Hall–Kier alpha value is -2.20. The summed E-state index contributed by atoms with van der Waals surface area (Å²) in [4.78, 5) is 11.7. The molecule has 0 aliphatic heterocycles. The van der Waals surface area contributed by atoms with E-state index in [9.17, 15) is 4.79 Å². The van der Waals surface area contributed by atoms with Crippen LogP contribution in [0.25, 0.3) is 0 Å². The van der Waals surface area contributed by atoms with Crippen molar-refractivity contribution in [2.45, 2.75) is 13.8 Å². The fourth-order valence-corrected chi connectivity index (χ4v) is 2.05. The van der Waals surface area contributed by atoms with E-state index in [1.54, 1.807) is 12.1 Å². The average molecular weight is 319 g/mol. The van der Waals surface area contributed by atoms with Crippen molar-refractivity contribution >= 4 is 23.3 Å². The molecule has 2 rings (SSSR count). The SMILES string of the molecule is Cc1ccc(OCCNC(=O)Nc2ccccc2Cl)cc1C. The molecule has 0 aromatic heterocycles. The number of halogens is 1. The van der Waals surface area contributed by atoms with E-state index in [-0.39, 0.29) is 6.03 Å². The maximum Gasteiger partial charge on any atom is 0.319 e. The van der Waals surface area contributed by atoms with Crippen molar-refractivity contribution in [3.63, 3.8) is 0 Å². The fourth-order valence-electron chi connectivity index (χ4n) is 1.87. The van der Waals surface area contributed by atoms with Crippen LogP contribution < -0.4 is 15.4 Å². The van der Waals surface area contributed by atoms with Crippen molar-refractivity contribution in [3.05, 3.63) is 58.6 Å². The molecule has 0 saturated heterocycles. The van der Waals surface area contributed by atoms with Gasteiger partial charge in [-0.15, -0.1) is 0 Å². The Labute approximate surface area is 135 Å². The molecule has 2 aromatic carbocycles. The van der Waals surface area contributed by atoms with Crippen LogP contribution in [0.5, 0.6) is 5.75 Å². The zero-order valence-electron chi connectivity index (χ0n) is 12.7. The maximum atomic E-state index is 11.7. The van der Waals surface area contributed by atoms with Gasteiger partial charge in [0.2, 0.25) is 0 Å². The van der Waals surface area contributed by atoms with Gasteiger partial charge in [0.1, 0.15) is 12.4 Å². The highest BCUT2D eigenvalue weighted by molar-refractivity contribution is 6.33. The zero-order valence-corrected chi connectivity index (χ0v) is 13.4. The van der Waals surface area contributed by atoms with Gasteiger partial charge in [-0.1, -0.05) is 29.8 Å². The van der Waals surface area contributed by atoms with Crippen LogP contribution in [-0.4, -0.2) is 19.2 Å². The molecule has 2 amide bonds. The highest BCUT2D eigenvalue weighted by Gasteiger charge is 2.04. The van der Waals surface area contributed by atoms with E-state index in [1.807, 2.05) is 37.3 Å². The molecule has 0 spiro atoms. The lowest BCUT2D eigenvalue weighted by Crippen LogP contribution is -2.32. The lowest BCUT2D eigenvalue weighted by atomic mass is 10.1. The maximum absolute atomic E-state index is 11.7. The summed E-state index contributed by atoms with van der Waals surface area (Å²) < 4.78 is 5.60. The van der Waals surface area contributed by atoms with Crippen LogP contribution in [0.2, 0.25) is 5.02 Å². The highest BCUT2D eigenvalue weighted by atomic mass is 35.5. The van der Waals surface area contributed by atoms with Gasteiger partial charge in [-0.05, 0) is 49.2 Å². The molecular weight excluding hydrogens is 300 g/mol. The number of hydrogen-bond acceptors (Lipinski definition) is 2. The number of carbonyl (C=O) groups is 1. The second-order valence-electron chi connectivity index (χ2n) is 4.96. The van der Waals surface area contributed by atoms with Crippen molar-refractivity contribution in [1.29, 1.82) is 0 Å². The molecule has 22 heavy (non-hydrogen) atoms. The molecule has 0 unspecified atom stereocenters. The van der Waals surface area contributed by atoms with Gasteiger partial charge in [-0.25, -0.2) is 4.79 Å². The molecule has 2 aromatic rings. The number of hydrogen-bond donors (Lipinski definition) is 2. The number of anilines is 1. The van der Waals surface area contributed by atoms with E-state index in [2.05, 4.69) is 17.6 Å². The van der Waals surface area contributed by atoms with Crippen LogP contribution in [0, 0.1) is 13.8 Å². The topological polar surface area (TPSA) is 50.4 Å². The van der Waals surface area contributed by atoms with Gasteiger partial charge in [-0.3, -0.25) is 0 Å². The van der Waals surface area contributed by atoms with Crippen molar-refractivity contribution < 1.29 is 9.53 Å². The molecule has 0 fully saturated rings. The summed E-state index contributed by atoms with van der Waals surface area (Å²) in [6.07, 6.45) is 0. The van der Waals surface area contributed by atoms with Crippen molar-refractivity contribution in [3.8, 4) is 5.75 Å². The van der Waals surface area contributed by atoms with Gasteiger partial charge in [0.05, 0.1) is 17.3 Å². The lowest BCUT2D eigenvalue weighted by molar-refractivity contribution is 0.247. The molecular formula is C17H19ClN2O2. The standard InChI is InChI=1S/C17H19ClN2O2/c1-12-7-8-14(11-13(12)2)22-10-9-19-17(21)20-16-6-4-3-5-15(16)18/h3-8,11H,9-10H2,1-2H3,(H2,19,20,21). The normalized spacial score (nSPS) is 10.1. The van der Waals surface area contributed by atoms with Gasteiger partial charge >= 0.3 is 6.03 Å². The number of nitrogens with one attached hydrogen (secondary N) is 2. The molecule has 0 atom stereocenters. The minimum Gasteiger partial charge on any atom is -0.492 e. The Morgan fingerprint density at radius 2 is 1.91 bits per heavy atom. The second kappa shape index (κ2) is 7.71. The minimum atomic E-state index is -0.309. The zero-order chi connectivity index (χ0) is 15.9. The first kappa shape index (κ1) is 16.2. The van der Waals surface area contributed by atoms with Crippen molar-refractivity contribution in [2.75, 3.05) is 18.5 Å². The Balaban J connectivity index is 1.73. The van der Waals surface area contributed by atoms with E-state index in [4.69, 9.17) is 16.3 Å². The van der Waals surface area contributed by atoms with Crippen LogP contribution in [0.3, 0.4) is 0 Å². The summed E-state index contributed by atoms with van der Waals surface area (Å²) in [5.41, 5.74) is 2.99.